The van der Waals surface area contributed by atoms with Crippen molar-refractivity contribution in [3.8, 4) is 0 Å². The minimum atomic E-state index is -0.794. The molecule has 0 radical (unpaired) electrons. The lowest BCUT2D eigenvalue weighted by atomic mass is 9.92. The first-order valence-corrected chi connectivity index (χ1v) is 7.93. The average Bonchev–Trinajstić information content (AvgIpc) is 2.41. The van der Waals surface area contributed by atoms with Gasteiger partial charge in [-0.2, -0.15) is 0 Å². The fourth-order valence-electron chi connectivity index (χ4n) is 2.68. The zero-order chi connectivity index (χ0) is 16.8. The predicted octanol–water partition coefficient (Wildman–Crippen LogP) is 1.64. The maximum Gasteiger partial charge on any atom is 0.303 e. The van der Waals surface area contributed by atoms with E-state index >= 15 is 0 Å². The molecule has 0 bridgehead atoms. The Balaban J connectivity index is 2.35. The maximum atomic E-state index is 12.1. The van der Waals surface area contributed by atoms with Crippen molar-refractivity contribution in [2.45, 2.75) is 52.9 Å². The molecule has 6 nitrogen and oxygen atoms in total. The Hall–Kier alpha value is -1.59. The lowest BCUT2D eigenvalue weighted by Gasteiger charge is -2.32. The fraction of sp³-hybridized carbons (Fsp3) is 0.812. The van der Waals surface area contributed by atoms with Crippen LogP contribution in [0.1, 0.15) is 52.9 Å². The number of nitrogens with one attached hydrogen (secondary N) is 1. The number of amides is 2. The van der Waals surface area contributed by atoms with Gasteiger partial charge in [-0.15, -0.1) is 0 Å². The number of carbonyl (C=O) groups excluding carboxylic acids is 2. The van der Waals surface area contributed by atoms with Crippen molar-refractivity contribution in [3.63, 3.8) is 0 Å². The van der Waals surface area contributed by atoms with Gasteiger partial charge in [-0.25, -0.2) is 0 Å². The van der Waals surface area contributed by atoms with Gasteiger partial charge in [-0.3, -0.25) is 14.4 Å². The van der Waals surface area contributed by atoms with E-state index in [9.17, 15) is 14.4 Å². The molecule has 0 spiro atoms. The summed E-state index contributed by atoms with van der Waals surface area (Å²) in [5.74, 6) is -0.737. The molecule has 1 atom stereocenters. The van der Waals surface area contributed by atoms with E-state index in [1.807, 2.05) is 20.8 Å². The Morgan fingerprint density at radius 2 is 1.95 bits per heavy atom. The SMILES string of the molecule is CC(C)(C)CC(=O)NCC(=O)N1CCCC(CCC(=O)O)C1. The van der Waals surface area contributed by atoms with Gasteiger partial charge >= 0.3 is 5.97 Å². The van der Waals surface area contributed by atoms with Gasteiger partial charge < -0.3 is 15.3 Å². The van der Waals surface area contributed by atoms with Crippen molar-refractivity contribution < 1.29 is 19.5 Å². The molecule has 22 heavy (non-hydrogen) atoms. The second kappa shape index (κ2) is 8.15. The smallest absolute Gasteiger partial charge is 0.303 e. The third kappa shape index (κ3) is 7.43. The molecule has 2 N–H and O–H groups in total. The van der Waals surface area contributed by atoms with Crippen LogP contribution in [-0.4, -0.2) is 47.4 Å². The Labute approximate surface area is 132 Å². The van der Waals surface area contributed by atoms with Crippen LogP contribution in [0.25, 0.3) is 0 Å². The summed E-state index contributed by atoms with van der Waals surface area (Å²) < 4.78 is 0. The van der Waals surface area contributed by atoms with Gasteiger partial charge in [0.25, 0.3) is 0 Å². The second-order valence-electron chi connectivity index (χ2n) is 7.29. The molecule has 0 saturated carbocycles. The fourth-order valence-corrected chi connectivity index (χ4v) is 2.68. The minimum Gasteiger partial charge on any atom is -0.481 e. The molecule has 1 aliphatic heterocycles. The molecule has 2 amide bonds. The lowest BCUT2D eigenvalue weighted by molar-refractivity contribution is -0.137. The van der Waals surface area contributed by atoms with Crippen LogP contribution in [0.5, 0.6) is 0 Å². The van der Waals surface area contributed by atoms with Gasteiger partial charge in [-0.1, -0.05) is 20.8 Å². The van der Waals surface area contributed by atoms with E-state index < -0.39 is 5.97 Å². The quantitative estimate of drug-likeness (QED) is 0.780. The number of rotatable bonds is 6. The standard InChI is InChI=1S/C16H28N2O4/c1-16(2,3)9-13(19)17-10-14(20)18-8-4-5-12(11-18)6-7-15(21)22/h12H,4-11H2,1-3H3,(H,17,19)(H,21,22). The van der Waals surface area contributed by atoms with Gasteiger partial charge in [0, 0.05) is 25.9 Å². The number of piperidine rings is 1. The van der Waals surface area contributed by atoms with Crippen LogP contribution >= 0.6 is 0 Å². The number of hydrogen-bond acceptors (Lipinski definition) is 3. The monoisotopic (exact) mass is 312 g/mol. The zero-order valence-corrected chi connectivity index (χ0v) is 13.9. The molecule has 1 heterocycles. The summed E-state index contributed by atoms with van der Waals surface area (Å²) in [5, 5.41) is 11.4. The molecule has 126 valence electrons. The first-order chi connectivity index (χ1) is 10.2. The summed E-state index contributed by atoms with van der Waals surface area (Å²) in [6.07, 6.45) is 3.01. The Kier molecular flexibility index (Phi) is 6.84. The molecule has 0 aromatic rings. The highest BCUT2D eigenvalue weighted by Gasteiger charge is 2.24. The highest BCUT2D eigenvalue weighted by atomic mass is 16.4. The summed E-state index contributed by atoms with van der Waals surface area (Å²) in [4.78, 5) is 36.3. The van der Waals surface area contributed by atoms with Crippen molar-refractivity contribution in [1.82, 2.24) is 10.2 Å². The number of carboxylic acids is 1. The van der Waals surface area contributed by atoms with Crippen LogP contribution in [0.2, 0.25) is 0 Å². The number of hydrogen-bond donors (Lipinski definition) is 2. The van der Waals surface area contributed by atoms with Gasteiger partial charge in [0.2, 0.25) is 11.8 Å². The second-order valence-corrected chi connectivity index (χ2v) is 7.29. The molecule has 0 aliphatic carbocycles. The van der Waals surface area contributed by atoms with E-state index in [1.165, 1.54) is 0 Å². The van der Waals surface area contributed by atoms with Crippen LogP contribution in [0.4, 0.5) is 0 Å². The van der Waals surface area contributed by atoms with Crippen LogP contribution in [-0.2, 0) is 14.4 Å². The van der Waals surface area contributed by atoms with Crippen LogP contribution in [0.3, 0.4) is 0 Å². The normalized spacial score (nSPS) is 18.9. The van der Waals surface area contributed by atoms with E-state index in [0.29, 0.717) is 25.9 Å². The molecule has 0 aromatic heterocycles. The average molecular weight is 312 g/mol. The topological polar surface area (TPSA) is 86.7 Å². The highest BCUT2D eigenvalue weighted by Crippen LogP contribution is 2.21. The third-order valence-corrected chi connectivity index (χ3v) is 3.77. The Bertz CT molecular complexity index is 415. The molecular formula is C16H28N2O4. The van der Waals surface area contributed by atoms with Crippen LogP contribution < -0.4 is 5.32 Å². The molecule has 6 heteroatoms. The predicted molar refractivity (Wildman–Crippen MR) is 83.3 cm³/mol. The van der Waals surface area contributed by atoms with E-state index in [2.05, 4.69) is 5.32 Å². The molecule has 1 saturated heterocycles. The Morgan fingerprint density at radius 3 is 2.55 bits per heavy atom. The number of aliphatic carboxylic acids is 1. The highest BCUT2D eigenvalue weighted by molar-refractivity contribution is 5.85. The van der Waals surface area contributed by atoms with Crippen molar-refractivity contribution in [1.29, 1.82) is 0 Å². The number of likely N-dealkylation sites (tertiary alicyclic amines) is 1. The summed E-state index contributed by atoms with van der Waals surface area (Å²) in [5.41, 5.74) is -0.0970. The Morgan fingerprint density at radius 1 is 1.27 bits per heavy atom. The van der Waals surface area contributed by atoms with Crippen LogP contribution in [0, 0.1) is 11.3 Å². The van der Waals surface area contributed by atoms with Crippen molar-refractivity contribution in [3.05, 3.63) is 0 Å². The number of carboxylic acid groups (broad SMARTS) is 1. The first-order valence-electron chi connectivity index (χ1n) is 7.93. The van der Waals surface area contributed by atoms with E-state index in [0.717, 1.165) is 12.8 Å². The summed E-state index contributed by atoms with van der Waals surface area (Å²) in [6.45, 7) is 7.25. The summed E-state index contributed by atoms with van der Waals surface area (Å²) >= 11 is 0. The van der Waals surface area contributed by atoms with E-state index in [-0.39, 0.29) is 36.1 Å². The van der Waals surface area contributed by atoms with Crippen molar-refractivity contribution in [2.24, 2.45) is 11.3 Å². The molecule has 1 fully saturated rings. The molecule has 1 unspecified atom stereocenters. The largest absolute Gasteiger partial charge is 0.481 e. The number of carbonyl (C=O) groups is 3. The van der Waals surface area contributed by atoms with E-state index in [4.69, 9.17) is 5.11 Å². The summed E-state index contributed by atoms with van der Waals surface area (Å²) in [7, 11) is 0. The summed E-state index contributed by atoms with van der Waals surface area (Å²) in [6, 6.07) is 0. The third-order valence-electron chi connectivity index (χ3n) is 3.77. The van der Waals surface area contributed by atoms with Gasteiger partial charge in [0.05, 0.1) is 6.54 Å². The zero-order valence-electron chi connectivity index (χ0n) is 13.9. The van der Waals surface area contributed by atoms with Crippen LogP contribution in [0.15, 0.2) is 0 Å². The van der Waals surface area contributed by atoms with Crippen molar-refractivity contribution >= 4 is 17.8 Å². The van der Waals surface area contributed by atoms with E-state index in [1.54, 1.807) is 4.90 Å². The molecule has 1 aliphatic rings. The van der Waals surface area contributed by atoms with Gasteiger partial charge in [0.15, 0.2) is 0 Å². The van der Waals surface area contributed by atoms with Crippen molar-refractivity contribution in [2.75, 3.05) is 19.6 Å². The maximum absolute atomic E-state index is 12.1. The molecule has 1 rings (SSSR count). The first kappa shape index (κ1) is 18.5. The molecular weight excluding hydrogens is 284 g/mol. The van der Waals surface area contributed by atoms with Gasteiger partial charge in [0.1, 0.15) is 0 Å². The number of nitrogens with zero attached hydrogens (tertiary/aromatic N) is 1. The van der Waals surface area contributed by atoms with Gasteiger partial charge in [-0.05, 0) is 30.6 Å². The molecule has 0 aromatic carbocycles. The lowest BCUT2D eigenvalue weighted by Crippen LogP contribution is -2.45. The minimum absolute atomic E-state index is 0.0283.